The molecule has 0 fully saturated rings. The van der Waals surface area contributed by atoms with Crippen LogP contribution in [-0.4, -0.2) is 23.5 Å². The Bertz CT molecular complexity index is 428. The first-order valence-corrected chi connectivity index (χ1v) is 4.79. The maximum Gasteiger partial charge on any atom is 0.573 e. The van der Waals surface area contributed by atoms with Crippen molar-refractivity contribution in [3.05, 3.63) is 36.9 Å². The largest absolute Gasteiger partial charge is 0.573 e. The number of halogens is 3. The third-order valence-corrected chi connectivity index (χ3v) is 1.91. The highest BCUT2D eigenvalue weighted by atomic mass is 19.4. The first-order valence-electron chi connectivity index (χ1n) is 4.79. The summed E-state index contributed by atoms with van der Waals surface area (Å²) >= 11 is 0. The molecule has 1 atom stereocenters. The minimum absolute atomic E-state index is 0.344. The van der Waals surface area contributed by atoms with E-state index in [-0.39, 0.29) is 5.75 Å². The average Bonchev–Trinajstić information content (AvgIpc) is 2.25. The van der Waals surface area contributed by atoms with Crippen molar-refractivity contribution in [3.8, 4) is 5.75 Å². The summed E-state index contributed by atoms with van der Waals surface area (Å²) in [6.07, 6.45) is -3.58. The van der Waals surface area contributed by atoms with Gasteiger partial charge in [-0.05, 0) is 24.3 Å². The van der Waals surface area contributed by atoms with Gasteiger partial charge >= 0.3 is 12.3 Å². The van der Waals surface area contributed by atoms with Gasteiger partial charge in [0.15, 0.2) is 0 Å². The Labute approximate surface area is 101 Å². The van der Waals surface area contributed by atoms with Crippen LogP contribution in [0.1, 0.15) is 0 Å². The maximum absolute atomic E-state index is 11.9. The first kappa shape index (κ1) is 13.9. The monoisotopic (exact) mass is 261 g/mol. The number of benzene rings is 1. The summed E-state index contributed by atoms with van der Waals surface area (Å²) in [6.45, 7) is 3.33. The fourth-order valence-electron chi connectivity index (χ4n) is 1.15. The van der Waals surface area contributed by atoms with Crippen LogP contribution in [0.3, 0.4) is 0 Å². The Morgan fingerprint density at radius 2 is 1.94 bits per heavy atom. The van der Waals surface area contributed by atoms with Gasteiger partial charge in [-0.3, -0.25) is 0 Å². The Morgan fingerprint density at radius 1 is 1.39 bits per heavy atom. The minimum atomic E-state index is -4.75. The van der Waals surface area contributed by atoms with Gasteiger partial charge in [-0.2, -0.15) is 0 Å². The molecule has 0 radical (unpaired) electrons. The molecule has 1 unspecified atom stereocenters. The van der Waals surface area contributed by atoms with E-state index in [2.05, 4.69) is 16.6 Å². The van der Waals surface area contributed by atoms with E-state index in [1.807, 2.05) is 0 Å². The number of nitrogens with one attached hydrogen (secondary N) is 1. The van der Waals surface area contributed by atoms with Crippen molar-refractivity contribution in [2.24, 2.45) is 0 Å². The second-order valence-electron chi connectivity index (χ2n) is 3.27. The molecule has 1 rings (SSSR count). The third-order valence-electron chi connectivity index (χ3n) is 1.91. The van der Waals surface area contributed by atoms with Crippen molar-refractivity contribution >= 4 is 11.7 Å². The Hall–Kier alpha value is -2.18. The van der Waals surface area contributed by atoms with Crippen molar-refractivity contribution in [1.29, 1.82) is 0 Å². The van der Waals surface area contributed by atoms with Gasteiger partial charge in [0, 0.05) is 5.69 Å². The summed E-state index contributed by atoms with van der Waals surface area (Å²) in [7, 11) is 0. The molecular weight excluding hydrogens is 251 g/mol. The molecule has 0 saturated heterocycles. The van der Waals surface area contributed by atoms with Crippen molar-refractivity contribution in [1.82, 2.24) is 0 Å². The number of carboxylic acids is 1. The number of hydrogen-bond donors (Lipinski definition) is 2. The number of hydrogen-bond acceptors (Lipinski definition) is 3. The smallest absolute Gasteiger partial charge is 0.479 e. The topological polar surface area (TPSA) is 58.6 Å². The highest BCUT2D eigenvalue weighted by Gasteiger charge is 2.30. The fourth-order valence-corrected chi connectivity index (χ4v) is 1.15. The van der Waals surface area contributed by atoms with E-state index in [1.165, 1.54) is 18.2 Å². The second-order valence-corrected chi connectivity index (χ2v) is 3.27. The van der Waals surface area contributed by atoms with E-state index in [0.29, 0.717) is 5.69 Å². The Balaban J connectivity index is 2.71. The molecular formula is C11H10F3NO3. The quantitative estimate of drug-likeness (QED) is 0.800. The standard InChI is InChI=1S/C11H10F3NO3/c1-2-9(10(16)17)15-7-3-5-8(6-4-7)18-11(12,13)14/h2-6,9,15H,1H2,(H,16,17). The van der Waals surface area contributed by atoms with Gasteiger partial charge in [0.1, 0.15) is 11.8 Å². The molecule has 0 bridgehead atoms. The molecule has 0 aliphatic rings. The van der Waals surface area contributed by atoms with Crippen LogP contribution in [0, 0.1) is 0 Å². The van der Waals surface area contributed by atoms with E-state index in [4.69, 9.17) is 5.11 Å². The minimum Gasteiger partial charge on any atom is -0.479 e. The lowest BCUT2D eigenvalue weighted by atomic mass is 10.2. The van der Waals surface area contributed by atoms with Gasteiger partial charge in [-0.1, -0.05) is 6.08 Å². The van der Waals surface area contributed by atoms with Gasteiger partial charge in [0.25, 0.3) is 0 Å². The van der Waals surface area contributed by atoms with Crippen LogP contribution in [0.25, 0.3) is 0 Å². The van der Waals surface area contributed by atoms with Crippen LogP contribution < -0.4 is 10.1 Å². The Morgan fingerprint density at radius 3 is 2.33 bits per heavy atom. The lowest BCUT2D eigenvalue weighted by Crippen LogP contribution is -2.26. The number of rotatable bonds is 5. The summed E-state index contributed by atoms with van der Waals surface area (Å²) in [5.41, 5.74) is 0.344. The molecule has 4 nitrogen and oxygen atoms in total. The number of aliphatic carboxylic acids is 1. The fraction of sp³-hybridized carbons (Fsp3) is 0.182. The molecule has 18 heavy (non-hydrogen) atoms. The first-order chi connectivity index (χ1) is 8.31. The van der Waals surface area contributed by atoms with Crippen LogP contribution in [0.15, 0.2) is 36.9 Å². The number of carbonyl (C=O) groups is 1. The molecule has 0 aliphatic heterocycles. The van der Waals surface area contributed by atoms with Crippen molar-refractivity contribution in [2.75, 3.05) is 5.32 Å². The summed E-state index contributed by atoms with van der Waals surface area (Å²) in [5.74, 6) is -1.51. The zero-order chi connectivity index (χ0) is 13.8. The van der Waals surface area contributed by atoms with Gasteiger partial charge in [0.2, 0.25) is 0 Å². The van der Waals surface area contributed by atoms with Crippen LogP contribution in [0.4, 0.5) is 18.9 Å². The summed E-state index contributed by atoms with van der Waals surface area (Å²) in [4.78, 5) is 10.7. The summed E-state index contributed by atoms with van der Waals surface area (Å²) in [5, 5.41) is 11.3. The zero-order valence-electron chi connectivity index (χ0n) is 9.07. The predicted octanol–water partition coefficient (Wildman–Crippen LogP) is 2.64. The number of anilines is 1. The highest BCUT2D eigenvalue weighted by molar-refractivity contribution is 5.79. The lowest BCUT2D eigenvalue weighted by Gasteiger charge is -2.13. The Kier molecular flexibility index (Phi) is 4.19. The molecule has 98 valence electrons. The predicted molar refractivity (Wildman–Crippen MR) is 58.4 cm³/mol. The molecule has 0 amide bonds. The summed E-state index contributed by atoms with van der Waals surface area (Å²) < 4.78 is 39.3. The van der Waals surface area contributed by atoms with Crippen LogP contribution in [0.2, 0.25) is 0 Å². The number of alkyl halides is 3. The molecule has 7 heteroatoms. The molecule has 2 N–H and O–H groups in total. The van der Waals surface area contributed by atoms with E-state index in [9.17, 15) is 18.0 Å². The van der Waals surface area contributed by atoms with Crippen LogP contribution in [-0.2, 0) is 4.79 Å². The van der Waals surface area contributed by atoms with Gasteiger partial charge < -0.3 is 15.2 Å². The van der Waals surface area contributed by atoms with Gasteiger partial charge in [0.05, 0.1) is 0 Å². The molecule has 1 aromatic rings. The van der Waals surface area contributed by atoms with Gasteiger partial charge in [-0.25, -0.2) is 4.79 Å². The molecule has 0 aliphatic carbocycles. The SMILES string of the molecule is C=CC(Nc1ccc(OC(F)(F)F)cc1)C(=O)O. The second kappa shape index (κ2) is 5.44. The average molecular weight is 261 g/mol. The molecule has 0 spiro atoms. The lowest BCUT2D eigenvalue weighted by molar-refractivity contribution is -0.274. The van der Waals surface area contributed by atoms with Crippen molar-refractivity contribution in [2.45, 2.75) is 12.4 Å². The van der Waals surface area contributed by atoms with Crippen molar-refractivity contribution in [3.63, 3.8) is 0 Å². The number of carboxylic acid groups (broad SMARTS) is 1. The van der Waals surface area contributed by atoms with Crippen LogP contribution >= 0.6 is 0 Å². The van der Waals surface area contributed by atoms with E-state index >= 15 is 0 Å². The number of ether oxygens (including phenoxy) is 1. The van der Waals surface area contributed by atoms with Gasteiger partial charge in [-0.15, -0.1) is 19.8 Å². The maximum atomic E-state index is 11.9. The molecule has 0 saturated carbocycles. The molecule has 1 aromatic carbocycles. The van der Waals surface area contributed by atoms with E-state index in [1.54, 1.807) is 0 Å². The zero-order valence-corrected chi connectivity index (χ0v) is 9.07. The summed E-state index contributed by atoms with van der Waals surface area (Å²) in [6, 6.07) is 3.70. The highest BCUT2D eigenvalue weighted by Crippen LogP contribution is 2.24. The normalized spacial score (nSPS) is 12.6. The van der Waals surface area contributed by atoms with E-state index < -0.39 is 18.4 Å². The van der Waals surface area contributed by atoms with Crippen LogP contribution in [0.5, 0.6) is 5.75 Å². The third kappa shape index (κ3) is 4.36. The molecule has 0 aromatic heterocycles. The van der Waals surface area contributed by atoms with Crippen molar-refractivity contribution < 1.29 is 27.8 Å². The molecule has 0 heterocycles. The van der Waals surface area contributed by atoms with E-state index in [0.717, 1.165) is 12.1 Å².